The summed E-state index contributed by atoms with van der Waals surface area (Å²) in [6, 6.07) is 11.8. The first-order chi connectivity index (χ1) is 13.9. The van der Waals surface area contributed by atoms with E-state index in [1.807, 2.05) is 19.9 Å². The van der Waals surface area contributed by atoms with E-state index >= 15 is 0 Å². The Morgan fingerprint density at radius 3 is 2.72 bits per heavy atom. The van der Waals surface area contributed by atoms with Crippen molar-refractivity contribution in [3.63, 3.8) is 0 Å². The van der Waals surface area contributed by atoms with Crippen LogP contribution in [0.4, 0.5) is 5.69 Å². The number of aryl methyl sites for hydroxylation is 2. The molecule has 1 N–H and O–H groups in total. The molecular weight excluding hydrogens is 384 g/mol. The van der Waals surface area contributed by atoms with Crippen LogP contribution in [0.5, 0.6) is 5.75 Å². The van der Waals surface area contributed by atoms with Gasteiger partial charge in [-0.05, 0) is 74.4 Å². The number of hydrogen-bond acceptors (Lipinski definition) is 4. The van der Waals surface area contributed by atoms with Crippen molar-refractivity contribution in [3.05, 3.63) is 53.1 Å². The van der Waals surface area contributed by atoms with Gasteiger partial charge in [0.15, 0.2) is 0 Å². The highest BCUT2D eigenvalue weighted by Gasteiger charge is 2.20. The van der Waals surface area contributed by atoms with Crippen LogP contribution < -0.4 is 14.4 Å². The monoisotopic (exact) mass is 416 g/mol. The maximum absolute atomic E-state index is 12.8. The SMILES string of the molecule is CCCN1CCCc2cc(CCNS(=O)(=O)c3cc(C)ccc3OCC)ccc21. The highest BCUT2D eigenvalue weighted by Crippen LogP contribution is 2.28. The van der Waals surface area contributed by atoms with E-state index in [9.17, 15) is 8.42 Å². The lowest BCUT2D eigenvalue weighted by Gasteiger charge is -2.31. The Bertz CT molecular complexity index is 941. The lowest BCUT2D eigenvalue weighted by Crippen LogP contribution is -2.30. The minimum Gasteiger partial charge on any atom is -0.492 e. The molecule has 1 aliphatic heterocycles. The summed E-state index contributed by atoms with van der Waals surface area (Å²) in [5.41, 5.74) is 4.77. The zero-order valence-electron chi connectivity index (χ0n) is 17.7. The lowest BCUT2D eigenvalue weighted by molar-refractivity contribution is 0.331. The van der Waals surface area contributed by atoms with Crippen LogP contribution in [0.25, 0.3) is 0 Å². The Kier molecular flexibility index (Phi) is 7.19. The lowest BCUT2D eigenvalue weighted by atomic mass is 9.98. The molecule has 2 aromatic carbocycles. The van der Waals surface area contributed by atoms with E-state index < -0.39 is 10.0 Å². The fraction of sp³-hybridized carbons (Fsp3) is 0.478. The second-order valence-electron chi connectivity index (χ2n) is 7.58. The first kappa shape index (κ1) is 21.7. The van der Waals surface area contributed by atoms with Crippen LogP contribution in [0.15, 0.2) is 41.3 Å². The summed E-state index contributed by atoms with van der Waals surface area (Å²) in [6.45, 7) is 8.93. The number of rotatable bonds is 9. The predicted molar refractivity (Wildman–Crippen MR) is 119 cm³/mol. The molecule has 0 amide bonds. The van der Waals surface area contributed by atoms with Gasteiger partial charge in [0, 0.05) is 25.3 Å². The smallest absolute Gasteiger partial charge is 0.244 e. The highest BCUT2D eigenvalue weighted by atomic mass is 32.2. The average Bonchev–Trinajstić information content (AvgIpc) is 2.69. The van der Waals surface area contributed by atoms with Gasteiger partial charge in [0.1, 0.15) is 10.6 Å². The summed E-state index contributed by atoms with van der Waals surface area (Å²) in [7, 11) is -3.62. The molecule has 158 valence electrons. The fourth-order valence-corrected chi connectivity index (χ4v) is 5.15. The third-order valence-electron chi connectivity index (χ3n) is 5.25. The summed E-state index contributed by atoms with van der Waals surface area (Å²) in [6.07, 6.45) is 4.08. The molecule has 0 aliphatic carbocycles. The summed E-state index contributed by atoms with van der Waals surface area (Å²) < 4.78 is 33.9. The van der Waals surface area contributed by atoms with Crippen LogP contribution >= 0.6 is 0 Å². The molecule has 0 unspecified atom stereocenters. The first-order valence-electron chi connectivity index (χ1n) is 10.5. The molecule has 0 saturated carbocycles. The minimum absolute atomic E-state index is 0.208. The molecule has 3 rings (SSSR count). The van der Waals surface area contributed by atoms with E-state index in [0.29, 0.717) is 25.3 Å². The van der Waals surface area contributed by atoms with Crippen LogP contribution in [0.3, 0.4) is 0 Å². The molecule has 1 heterocycles. The molecule has 6 heteroatoms. The van der Waals surface area contributed by atoms with Gasteiger partial charge >= 0.3 is 0 Å². The molecule has 29 heavy (non-hydrogen) atoms. The van der Waals surface area contributed by atoms with E-state index in [0.717, 1.165) is 31.5 Å². The van der Waals surface area contributed by atoms with Gasteiger partial charge in [-0.1, -0.05) is 25.1 Å². The second kappa shape index (κ2) is 9.63. The Hall–Kier alpha value is -2.05. The van der Waals surface area contributed by atoms with Crippen LogP contribution in [0, 0.1) is 6.92 Å². The molecule has 0 fully saturated rings. The number of sulfonamides is 1. The molecule has 0 bridgehead atoms. The van der Waals surface area contributed by atoms with E-state index in [2.05, 4.69) is 34.7 Å². The number of nitrogens with one attached hydrogen (secondary N) is 1. The van der Waals surface area contributed by atoms with Gasteiger partial charge in [-0.15, -0.1) is 0 Å². The van der Waals surface area contributed by atoms with Crippen molar-refractivity contribution in [1.29, 1.82) is 0 Å². The topological polar surface area (TPSA) is 58.6 Å². The van der Waals surface area contributed by atoms with E-state index in [4.69, 9.17) is 4.74 Å². The zero-order valence-corrected chi connectivity index (χ0v) is 18.5. The molecule has 2 aromatic rings. The van der Waals surface area contributed by atoms with Crippen molar-refractivity contribution in [3.8, 4) is 5.75 Å². The largest absolute Gasteiger partial charge is 0.492 e. The molecule has 0 spiro atoms. The van der Waals surface area contributed by atoms with E-state index in [-0.39, 0.29) is 4.90 Å². The van der Waals surface area contributed by atoms with Gasteiger partial charge < -0.3 is 9.64 Å². The van der Waals surface area contributed by atoms with Crippen molar-refractivity contribution in [2.24, 2.45) is 0 Å². The van der Waals surface area contributed by atoms with Crippen LogP contribution in [0.2, 0.25) is 0 Å². The first-order valence-corrected chi connectivity index (χ1v) is 12.0. The van der Waals surface area contributed by atoms with Crippen LogP contribution in [-0.4, -0.2) is 34.7 Å². The second-order valence-corrected chi connectivity index (χ2v) is 9.32. The maximum Gasteiger partial charge on any atom is 0.244 e. The average molecular weight is 417 g/mol. The maximum atomic E-state index is 12.8. The summed E-state index contributed by atoms with van der Waals surface area (Å²) in [5.74, 6) is 0.399. The predicted octanol–water partition coefficient (Wildman–Crippen LogP) is 4.08. The van der Waals surface area contributed by atoms with E-state index in [1.165, 1.54) is 23.2 Å². The van der Waals surface area contributed by atoms with Gasteiger partial charge in [-0.3, -0.25) is 0 Å². The quantitative estimate of drug-likeness (QED) is 0.669. The molecule has 0 radical (unpaired) electrons. The van der Waals surface area contributed by atoms with Crippen LogP contribution in [-0.2, 0) is 22.9 Å². The van der Waals surface area contributed by atoms with Crippen molar-refractivity contribution in [2.45, 2.75) is 51.3 Å². The highest BCUT2D eigenvalue weighted by molar-refractivity contribution is 7.89. The summed E-state index contributed by atoms with van der Waals surface area (Å²) in [4.78, 5) is 2.66. The summed E-state index contributed by atoms with van der Waals surface area (Å²) >= 11 is 0. The number of ether oxygens (including phenoxy) is 1. The number of fused-ring (bicyclic) bond motifs is 1. The van der Waals surface area contributed by atoms with Gasteiger partial charge in [0.2, 0.25) is 10.0 Å². The molecule has 0 aromatic heterocycles. The number of benzene rings is 2. The van der Waals surface area contributed by atoms with Crippen LogP contribution in [0.1, 0.15) is 43.4 Å². The fourth-order valence-electron chi connectivity index (χ4n) is 3.89. The molecule has 0 atom stereocenters. The Morgan fingerprint density at radius 1 is 1.14 bits per heavy atom. The third-order valence-corrected chi connectivity index (χ3v) is 6.73. The molecule has 1 aliphatic rings. The third kappa shape index (κ3) is 5.31. The Morgan fingerprint density at radius 2 is 1.97 bits per heavy atom. The Labute approximate surface area is 175 Å². The van der Waals surface area contributed by atoms with Gasteiger partial charge in [0.25, 0.3) is 0 Å². The minimum atomic E-state index is -3.62. The number of hydrogen-bond donors (Lipinski definition) is 1. The van der Waals surface area contributed by atoms with Gasteiger partial charge in [0.05, 0.1) is 6.61 Å². The normalized spacial score (nSPS) is 14.0. The van der Waals surface area contributed by atoms with Crippen molar-refractivity contribution < 1.29 is 13.2 Å². The van der Waals surface area contributed by atoms with Crippen molar-refractivity contribution in [2.75, 3.05) is 31.1 Å². The number of nitrogens with zero attached hydrogens (tertiary/aromatic N) is 1. The van der Waals surface area contributed by atoms with Crippen molar-refractivity contribution in [1.82, 2.24) is 4.72 Å². The Balaban J connectivity index is 1.68. The van der Waals surface area contributed by atoms with Gasteiger partial charge in [-0.25, -0.2) is 13.1 Å². The molecule has 5 nitrogen and oxygen atoms in total. The van der Waals surface area contributed by atoms with Gasteiger partial charge in [-0.2, -0.15) is 0 Å². The van der Waals surface area contributed by atoms with Crippen molar-refractivity contribution >= 4 is 15.7 Å². The molecule has 0 saturated heterocycles. The zero-order chi connectivity index (χ0) is 20.9. The standard InChI is InChI=1S/C23H32N2O3S/c1-4-14-25-15-6-7-20-17-19(9-10-21(20)25)12-13-24-29(26,27)23-16-18(3)8-11-22(23)28-5-2/h8-11,16-17,24H,4-7,12-15H2,1-3H3. The number of anilines is 1. The molecular formula is C23H32N2O3S. The van der Waals surface area contributed by atoms with E-state index in [1.54, 1.807) is 12.1 Å². The summed E-state index contributed by atoms with van der Waals surface area (Å²) in [5, 5.41) is 0.